The van der Waals surface area contributed by atoms with E-state index in [1.54, 1.807) is 0 Å². The zero-order valence-electron chi connectivity index (χ0n) is 11.5. The Bertz CT molecular complexity index is 761. The maximum Gasteiger partial charge on any atom is 0.0556 e. The normalized spacial score (nSPS) is 11.5. The minimum atomic E-state index is 0.143. The highest BCUT2D eigenvalue weighted by Gasteiger charge is 2.12. The smallest absolute Gasteiger partial charge is 0.0556 e. The zero-order chi connectivity index (χ0) is 14.1. The lowest BCUT2D eigenvalue weighted by atomic mass is 10.0. The van der Waals surface area contributed by atoms with Crippen molar-refractivity contribution < 1.29 is 5.11 Å². The van der Waals surface area contributed by atoms with Crippen molar-refractivity contribution in [3.05, 3.63) is 41.5 Å². The predicted octanol–water partition coefficient (Wildman–Crippen LogP) is 2.29. The van der Waals surface area contributed by atoms with Crippen LogP contribution in [0.4, 0.5) is 5.69 Å². The summed E-state index contributed by atoms with van der Waals surface area (Å²) in [6.45, 7) is 3.48. The fraction of sp³-hybridized carbons (Fsp3) is 0.250. The van der Waals surface area contributed by atoms with Crippen LogP contribution in [0.15, 0.2) is 30.3 Å². The van der Waals surface area contributed by atoms with Crippen molar-refractivity contribution >= 4 is 27.5 Å². The summed E-state index contributed by atoms with van der Waals surface area (Å²) in [6, 6.07) is 10.3. The number of nitrogen functional groups attached to an aromatic ring is 1. The van der Waals surface area contributed by atoms with Gasteiger partial charge in [0.05, 0.1) is 12.1 Å². The van der Waals surface area contributed by atoms with Gasteiger partial charge >= 0.3 is 0 Å². The molecule has 1 aromatic heterocycles. The summed E-state index contributed by atoms with van der Waals surface area (Å²) in [4.78, 5) is 3.46. The van der Waals surface area contributed by atoms with Crippen molar-refractivity contribution in [1.29, 1.82) is 0 Å². The summed E-state index contributed by atoms with van der Waals surface area (Å²) in [5, 5.41) is 14.4. The third-order valence-electron chi connectivity index (χ3n) is 3.72. The van der Waals surface area contributed by atoms with Crippen molar-refractivity contribution in [3.63, 3.8) is 0 Å². The number of aromatic amines is 1. The summed E-state index contributed by atoms with van der Waals surface area (Å²) in [6.07, 6.45) is 0. The number of nitrogens with one attached hydrogen (secondary N) is 2. The fourth-order valence-electron chi connectivity index (χ4n) is 2.71. The van der Waals surface area contributed by atoms with Gasteiger partial charge in [-0.25, -0.2) is 0 Å². The quantitative estimate of drug-likeness (QED) is 0.434. The van der Waals surface area contributed by atoms with E-state index in [-0.39, 0.29) is 6.61 Å². The number of rotatable bonds is 4. The van der Waals surface area contributed by atoms with Gasteiger partial charge in [-0.2, -0.15) is 0 Å². The lowest BCUT2D eigenvalue weighted by Gasteiger charge is -2.09. The Labute approximate surface area is 117 Å². The SMILES string of the molecule is Cc1cc(CNCCO)c2[nH]c3ccccc3c2c1N. The molecule has 3 rings (SSSR count). The van der Waals surface area contributed by atoms with E-state index in [1.807, 2.05) is 19.1 Å². The Morgan fingerprint density at radius 2 is 2.10 bits per heavy atom. The van der Waals surface area contributed by atoms with E-state index in [0.29, 0.717) is 13.1 Å². The maximum absolute atomic E-state index is 8.88. The van der Waals surface area contributed by atoms with Crippen LogP contribution in [0.2, 0.25) is 0 Å². The largest absolute Gasteiger partial charge is 0.398 e. The number of aryl methyl sites for hydroxylation is 1. The molecule has 0 fully saturated rings. The Hall–Kier alpha value is -2.04. The second kappa shape index (κ2) is 5.15. The van der Waals surface area contributed by atoms with Gasteiger partial charge in [-0.1, -0.05) is 24.3 Å². The van der Waals surface area contributed by atoms with E-state index >= 15 is 0 Å². The van der Waals surface area contributed by atoms with Crippen LogP contribution in [0, 0.1) is 6.92 Å². The van der Waals surface area contributed by atoms with Gasteiger partial charge in [-0.3, -0.25) is 0 Å². The van der Waals surface area contributed by atoms with E-state index in [4.69, 9.17) is 10.8 Å². The average molecular weight is 269 g/mol. The lowest BCUT2D eigenvalue weighted by molar-refractivity contribution is 0.292. The second-order valence-electron chi connectivity index (χ2n) is 5.09. The van der Waals surface area contributed by atoms with Gasteiger partial charge in [0, 0.05) is 35.1 Å². The van der Waals surface area contributed by atoms with E-state index in [0.717, 1.165) is 33.1 Å². The molecule has 3 aromatic rings. The lowest BCUT2D eigenvalue weighted by Crippen LogP contribution is -2.17. The van der Waals surface area contributed by atoms with Crippen LogP contribution in [0.5, 0.6) is 0 Å². The predicted molar refractivity (Wildman–Crippen MR) is 83.7 cm³/mol. The third-order valence-corrected chi connectivity index (χ3v) is 3.72. The molecule has 0 saturated carbocycles. The topological polar surface area (TPSA) is 74.1 Å². The summed E-state index contributed by atoms with van der Waals surface area (Å²) >= 11 is 0. The summed E-state index contributed by atoms with van der Waals surface area (Å²) in [5.41, 5.74) is 11.6. The van der Waals surface area contributed by atoms with Crippen LogP contribution in [-0.2, 0) is 6.54 Å². The highest BCUT2D eigenvalue weighted by atomic mass is 16.3. The third kappa shape index (κ3) is 2.03. The van der Waals surface area contributed by atoms with Crippen molar-refractivity contribution in [1.82, 2.24) is 10.3 Å². The number of aromatic nitrogens is 1. The van der Waals surface area contributed by atoms with Gasteiger partial charge in [0.2, 0.25) is 0 Å². The van der Waals surface area contributed by atoms with Crippen LogP contribution in [0.25, 0.3) is 21.8 Å². The number of aliphatic hydroxyl groups excluding tert-OH is 1. The number of para-hydroxylation sites is 1. The first-order valence-electron chi connectivity index (χ1n) is 6.82. The van der Waals surface area contributed by atoms with E-state index in [9.17, 15) is 0 Å². The highest BCUT2D eigenvalue weighted by Crippen LogP contribution is 2.34. The highest BCUT2D eigenvalue weighted by molar-refractivity contribution is 6.14. The van der Waals surface area contributed by atoms with Crippen LogP contribution in [0.3, 0.4) is 0 Å². The maximum atomic E-state index is 8.88. The zero-order valence-corrected chi connectivity index (χ0v) is 11.5. The molecule has 0 unspecified atom stereocenters. The molecule has 104 valence electrons. The van der Waals surface area contributed by atoms with Gasteiger partial charge in [0.25, 0.3) is 0 Å². The molecule has 0 aliphatic rings. The molecule has 4 heteroatoms. The number of nitrogens with two attached hydrogens (primary N) is 1. The Morgan fingerprint density at radius 3 is 2.90 bits per heavy atom. The number of anilines is 1. The van der Waals surface area contributed by atoms with Crippen LogP contribution >= 0.6 is 0 Å². The molecule has 5 N–H and O–H groups in total. The average Bonchev–Trinajstić information content (AvgIpc) is 2.84. The van der Waals surface area contributed by atoms with Gasteiger partial charge < -0.3 is 21.1 Å². The van der Waals surface area contributed by atoms with E-state index in [1.165, 1.54) is 5.56 Å². The molecule has 0 saturated heterocycles. The van der Waals surface area contributed by atoms with Crippen molar-refractivity contribution in [2.45, 2.75) is 13.5 Å². The van der Waals surface area contributed by atoms with Crippen molar-refractivity contribution in [2.24, 2.45) is 0 Å². The Kier molecular flexibility index (Phi) is 3.34. The van der Waals surface area contributed by atoms with Crippen LogP contribution < -0.4 is 11.1 Å². The van der Waals surface area contributed by atoms with Crippen LogP contribution in [0.1, 0.15) is 11.1 Å². The summed E-state index contributed by atoms with van der Waals surface area (Å²) in [7, 11) is 0. The number of H-pyrrole nitrogens is 1. The molecule has 0 radical (unpaired) electrons. The molecule has 0 spiro atoms. The standard InChI is InChI=1S/C16H19N3O/c1-10-8-11(9-18-6-7-20)16-14(15(10)17)12-4-2-3-5-13(12)19-16/h2-5,8,18-20H,6-7,9,17H2,1H3. The molecule has 20 heavy (non-hydrogen) atoms. The minimum Gasteiger partial charge on any atom is -0.398 e. The molecular formula is C16H19N3O. The monoisotopic (exact) mass is 269 g/mol. The first-order valence-corrected chi connectivity index (χ1v) is 6.82. The van der Waals surface area contributed by atoms with Crippen molar-refractivity contribution in [3.8, 4) is 0 Å². The molecule has 2 aromatic carbocycles. The van der Waals surface area contributed by atoms with Gasteiger partial charge in [-0.15, -0.1) is 0 Å². The first-order chi connectivity index (χ1) is 9.72. The first kappa shape index (κ1) is 13.0. The van der Waals surface area contributed by atoms with Gasteiger partial charge in [0.15, 0.2) is 0 Å². The number of fused-ring (bicyclic) bond motifs is 3. The molecule has 0 aliphatic carbocycles. The summed E-state index contributed by atoms with van der Waals surface area (Å²) < 4.78 is 0. The van der Waals surface area contributed by atoms with E-state index in [2.05, 4.69) is 28.5 Å². The molecule has 0 atom stereocenters. The Morgan fingerprint density at radius 1 is 1.30 bits per heavy atom. The molecule has 0 amide bonds. The second-order valence-corrected chi connectivity index (χ2v) is 5.09. The number of hydrogen-bond donors (Lipinski definition) is 4. The molecular weight excluding hydrogens is 250 g/mol. The van der Waals surface area contributed by atoms with Crippen LogP contribution in [-0.4, -0.2) is 23.2 Å². The van der Waals surface area contributed by atoms with E-state index < -0.39 is 0 Å². The molecule has 1 heterocycles. The fourth-order valence-corrected chi connectivity index (χ4v) is 2.71. The number of hydrogen-bond acceptors (Lipinski definition) is 3. The molecule has 0 aliphatic heterocycles. The molecule has 0 bridgehead atoms. The Balaban J connectivity index is 2.23. The number of benzene rings is 2. The van der Waals surface area contributed by atoms with Crippen molar-refractivity contribution in [2.75, 3.05) is 18.9 Å². The summed E-state index contributed by atoms with van der Waals surface area (Å²) in [5.74, 6) is 0. The minimum absolute atomic E-state index is 0.143. The molecule has 4 nitrogen and oxygen atoms in total. The van der Waals surface area contributed by atoms with Gasteiger partial charge in [-0.05, 0) is 24.1 Å². The van der Waals surface area contributed by atoms with Gasteiger partial charge in [0.1, 0.15) is 0 Å². The number of aliphatic hydroxyl groups is 1.